The van der Waals surface area contributed by atoms with Gasteiger partial charge < -0.3 is 4.52 Å². The summed E-state index contributed by atoms with van der Waals surface area (Å²) < 4.78 is 44.2. The zero-order valence-corrected chi connectivity index (χ0v) is 11.5. The summed E-state index contributed by atoms with van der Waals surface area (Å²) in [6.07, 6.45) is 0. The van der Waals surface area contributed by atoms with Crippen molar-refractivity contribution in [1.29, 1.82) is 0 Å². The average molecular weight is 335 g/mol. The van der Waals surface area contributed by atoms with Gasteiger partial charge in [-0.25, -0.2) is 17.5 Å². The first-order chi connectivity index (χ1) is 8.38. The molecule has 2 rings (SSSR count). The Kier molecular flexibility index (Phi) is 3.40. The van der Waals surface area contributed by atoms with Gasteiger partial charge in [0.15, 0.2) is 0 Å². The van der Waals surface area contributed by atoms with Crippen LogP contribution in [0.2, 0.25) is 0 Å². The molecule has 2 aromatic rings. The highest BCUT2D eigenvalue weighted by Gasteiger charge is 2.17. The van der Waals surface area contributed by atoms with E-state index >= 15 is 0 Å². The number of nitrogens with one attached hydrogen (secondary N) is 1. The van der Waals surface area contributed by atoms with E-state index < -0.39 is 15.8 Å². The number of sulfonamides is 1. The van der Waals surface area contributed by atoms with E-state index in [1.165, 1.54) is 18.2 Å². The van der Waals surface area contributed by atoms with Crippen LogP contribution in [0.3, 0.4) is 0 Å². The van der Waals surface area contributed by atoms with Gasteiger partial charge in [-0.2, -0.15) is 0 Å². The van der Waals surface area contributed by atoms with Crippen LogP contribution < -0.4 is 4.72 Å². The highest BCUT2D eigenvalue weighted by atomic mass is 79.9. The molecule has 0 spiro atoms. The standard InChI is InChI=1S/C10H8BrFN2O3S/c1-6-4-10(17-13-6)14-18(15,16)7-2-3-8(11)9(12)5-7/h2-5,14H,1H3. The number of benzene rings is 1. The number of aromatic nitrogens is 1. The highest BCUT2D eigenvalue weighted by Crippen LogP contribution is 2.21. The fraction of sp³-hybridized carbons (Fsp3) is 0.100. The largest absolute Gasteiger partial charge is 0.338 e. The van der Waals surface area contributed by atoms with Crippen molar-refractivity contribution in [2.24, 2.45) is 0 Å². The van der Waals surface area contributed by atoms with Gasteiger partial charge in [-0.3, -0.25) is 0 Å². The van der Waals surface area contributed by atoms with Crippen LogP contribution in [0.25, 0.3) is 0 Å². The van der Waals surface area contributed by atoms with Gasteiger partial charge in [0.25, 0.3) is 10.0 Å². The molecule has 1 aromatic carbocycles. The van der Waals surface area contributed by atoms with E-state index in [4.69, 9.17) is 4.52 Å². The minimum absolute atomic E-state index is 0.0178. The Labute approximate surface area is 111 Å². The summed E-state index contributed by atoms with van der Waals surface area (Å²) in [5, 5.41) is 3.54. The van der Waals surface area contributed by atoms with E-state index in [2.05, 4.69) is 25.8 Å². The molecule has 0 aliphatic carbocycles. The second kappa shape index (κ2) is 4.69. The number of halogens is 2. The Morgan fingerprint density at radius 3 is 2.67 bits per heavy atom. The van der Waals surface area contributed by atoms with Crippen molar-refractivity contribution in [1.82, 2.24) is 5.16 Å². The molecule has 96 valence electrons. The summed E-state index contributed by atoms with van der Waals surface area (Å²) in [7, 11) is -3.88. The zero-order chi connectivity index (χ0) is 13.3. The molecule has 8 heteroatoms. The predicted octanol–water partition coefficient (Wildman–Crippen LogP) is 2.69. The molecule has 0 aliphatic rings. The van der Waals surface area contributed by atoms with Crippen molar-refractivity contribution in [2.75, 3.05) is 4.72 Å². The zero-order valence-electron chi connectivity index (χ0n) is 9.15. The lowest BCUT2D eigenvalue weighted by Crippen LogP contribution is -2.12. The average Bonchev–Trinajstić information content (AvgIpc) is 2.67. The molecule has 0 radical (unpaired) electrons. The molecule has 0 saturated carbocycles. The lowest BCUT2D eigenvalue weighted by Gasteiger charge is -2.05. The Morgan fingerprint density at radius 2 is 2.11 bits per heavy atom. The lowest BCUT2D eigenvalue weighted by molar-refractivity contribution is 0.430. The molecule has 0 amide bonds. The van der Waals surface area contributed by atoms with Crippen molar-refractivity contribution in [3.05, 3.63) is 40.2 Å². The van der Waals surface area contributed by atoms with Crippen LogP contribution >= 0.6 is 15.9 Å². The van der Waals surface area contributed by atoms with Crippen LogP contribution in [0.1, 0.15) is 5.69 Å². The highest BCUT2D eigenvalue weighted by molar-refractivity contribution is 9.10. The summed E-state index contributed by atoms with van der Waals surface area (Å²) in [5.41, 5.74) is 0.537. The van der Waals surface area contributed by atoms with Gasteiger partial charge in [-0.15, -0.1) is 0 Å². The fourth-order valence-electron chi connectivity index (χ4n) is 1.25. The van der Waals surface area contributed by atoms with Crippen LogP contribution in [0.4, 0.5) is 10.3 Å². The van der Waals surface area contributed by atoms with Gasteiger partial charge in [0.1, 0.15) is 5.82 Å². The SMILES string of the molecule is Cc1cc(NS(=O)(=O)c2ccc(Br)c(F)c2)on1. The van der Waals surface area contributed by atoms with Crippen LogP contribution in [0.15, 0.2) is 38.2 Å². The van der Waals surface area contributed by atoms with Gasteiger partial charge in [-0.05, 0) is 41.1 Å². The van der Waals surface area contributed by atoms with Gasteiger partial charge in [0, 0.05) is 6.07 Å². The van der Waals surface area contributed by atoms with E-state index in [1.807, 2.05) is 0 Å². The minimum atomic E-state index is -3.88. The third-order valence-corrected chi connectivity index (χ3v) is 4.05. The Balaban J connectivity index is 2.33. The second-order valence-electron chi connectivity index (χ2n) is 3.51. The van der Waals surface area contributed by atoms with Crippen LogP contribution in [-0.2, 0) is 10.0 Å². The van der Waals surface area contributed by atoms with Gasteiger partial charge in [0.2, 0.25) is 5.88 Å². The number of anilines is 1. The maximum atomic E-state index is 13.3. The molecule has 0 fully saturated rings. The van der Waals surface area contributed by atoms with E-state index in [0.29, 0.717) is 5.69 Å². The molecule has 1 heterocycles. The van der Waals surface area contributed by atoms with E-state index in [1.54, 1.807) is 6.92 Å². The van der Waals surface area contributed by atoms with Crippen molar-refractivity contribution < 1.29 is 17.3 Å². The summed E-state index contributed by atoms with van der Waals surface area (Å²) in [6.45, 7) is 1.65. The molecule has 0 unspecified atom stereocenters. The van der Waals surface area contributed by atoms with Crippen molar-refractivity contribution in [2.45, 2.75) is 11.8 Å². The summed E-state index contributed by atoms with van der Waals surface area (Å²) in [5.74, 6) is -0.678. The van der Waals surface area contributed by atoms with Gasteiger partial charge in [0.05, 0.1) is 15.1 Å². The number of rotatable bonds is 3. The Bertz CT molecular complexity index is 684. The van der Waals surface area contributed by atoms with Crippen molar-refractivity contribution in [3.8, 4) is 0 Å². The third kappa shape index (κ3) is 2.70. The normalized spacial score (nSPS) is 11.5. The van der Waals surface area contributed by atoms with Crippen LogP contribution in [0.5, 0.6) is 0 Å². The quantitative estimate of drug-likeness (QED) is 0.936. The molecule has 1 N–H and O–H groups in total. The van der Waals surface area contributed by atoms with Crippen molar-refractivity contribution >= 4 is 31.8 Å². The Hall–Kier alpha value is -1.41. The molecular weight excluding hydrogens is 327 g/mol. The molecule has 0 saturated heterocycles. The summed E-state index contributed by atoms with van der Waals surface area (Å²) in [4.78, 5) is -0.197. The van der Waals surface area contributed by atoms with E-state index in [-0.39, 0.29) is 15.3 Å². The maximum Gasteiger partial charge on any atom is 0.264 e. The molecule has 0 bridgehead atoms. The van der Waals surface area contributed by atoms with Crippen LogP contribution in [0, 0.1) is 12.7 Å². The topological polar surface area (TPSA) is 72.2 Å². The lowest BCUT2D eigenvalue weighted by atomic mass is 10.3. The van der Waals surface area contributed by atoms with Gasteiger partial charge >= 0.3 is 0 Å². The Morgan fingerprint density at radius 1 is 1.39 bits per heavy atom. The van der Waals surface area contributed by atoms with E-state index in [9.17, 15) is 12.8 Å². The first kappa shape index (κ1) is 13.0. The molecular formula is C10H8BrFN2O3S. The summed E-state index contributed by atoms with van der Waals surface area (Å²) >= 11 is 2.95. The fourth-order valence-corrected chi connectivity index (χ4v) is 2.48. The number of aryl methyl sites for hydroxylation is 1. The molecule has 5 nitrogen and oxygen atoms in total. The minimum Gasteiger partial charge on any atom is -0.338 e. The second-order valence-corrected chi connectivity index (χ2v) is 6.05. The number of hydrogen-bond donors (Lipinski definition) is 1. The van der Waals surface area contributed by atoms with E-state index in [0.717, 1.165) is 6.07 Å². The first-order valence-corrected chi connectivity index (χ1v) is 7.07. The molecule has 0 aliphatic heterocycles. The first-order valence-electron chi connectivity index (χ1n) is 4.80. The summed E-state index contributed by atoms with van der Waals surface area (Å²) in [6, 6.07) is 4.93. The molecule has 18 heavy (non-hydrogen) atoms. The number of hydrogen-bond acceptors (Lipinski definition) is 4. The smallest absolute Gasteiger partial charge is 0.264 e. The van der Waals surface area contributed by atoms with Crippen molar-refractivity contribution in [3.63, 3.8) is 0 Å². The molecule has 0 atom stereocenters. The van der Waals surface area contributed by atoms with Crippen LogP contribution in [-0.4, -0.2) is 13.6 Å². The third-order valence-electron chi connectivity index (χ3n) is 2.06. The monoisotopic (exact) mass is 334 g/mol. The number of nitrogens with zero attached hydrogens (tertiary/aromatic N) is 1. The maximum absolute atomic E-state index is 13.3. The predicted molar refractivity (Wildman–Crippen MR) is 66.1 cm³/mol. The van der Waals surface area contributed by atoms with Gasteiger partial charge in [-0.1, -0.05) is 5.16 Å². The molecule has 1 aromatic heterocycles.